The molecule has 0 saturated heterocycles. The van der Waals surface area contributed by atoms with Crippen LogP contribution in [-0.4, -0.2) is 22.1 Å². The first-order chi connectivity index (χ1) is 10.0. The van der Waals surface area contributed by atoms with Crippen LogP contribution in [0.15, 0.2) is 41.6 Å². The van der Waals surface area contributed by atoms with Gasteiger partial charge in [-0.25, -0.2) is 4.98 Å². The largest absolute Gasteiger partial charge is 0.322 e. The van der Waals surface area contributed by atoms with Crippen molar-refractivity contribution in [3.63, 3.8) is 0 Å². The van der Waals surface area contributed by atoms with Crippen molar-refractivity contribution in [3.05, 3.63) is 57.8 Å². The lowest BCUT2D eigenvalue weighted by Gasteiger charge is -2.07. The van der Waals surface area contributed by atoms with Crippen LogP contribution >= 0.6 is 11.8 Å². The Balaban J connectivity index is 2.23. The number of thioether (sulfide) groups is 1. The minimum absolute atomic E-state index is 0.0210. The van der Waals surface area contributed by atoms with Gasteiger partial charge in [-0.05, 0) is 31.4 Å². The SMILES string of the molecule is CSc1cc(C(=O)Nc2ccc(C)c([N+](=O)[O-])c2)ccn1. The molecule has 1 heterocycles. The molecule has 1 amide bonds. The van der Waals surface area contributed by atoms with Crippen molar-refractivity contribution in [3.8, 4) is 0 Å². The number of hydrogen-bond acceptors (Lipinski definition) is 5. The second kappa shape index (κ2) is 6.36. The van der Waals surface area contributed by atoms with Crippen LogP contribution in [0.1, 0.15) is 15.9 Å². The van der Waals surface area contributed by atoms with Crippen LogP contribution in [0.5, 0.6) is 0 Å². The molecule has 0 fully saturated rings. The first-order valence-corrected chi connectivity index (χ1v) is 7.30. The molecule has 0 bridgehead atoms. The molecule has 0 saturated carbocycles. The molecule has 0 aliphatic rings. The van der Waals surface area contributed by atoms with Gasteiger partial charge < -0.3 is 5.32 Å². The highest BCUT2D eigenvalue weighted by atomic mass is 32.2. The van der Waals surface area contributed by atoms with Gasteiger partial charge in [0, 0.05) is 29.1 Å². The molecule has 2 rings (SSSR count). The second-order valence-corrected chi connectivity index (χ2v) is 5.13. The molecule has 7 heteroatoms. The zero-order chi connectivity index (χ0) is 15.4. The van der Waals surface area contributed by atoms with Crippen LogP contribution in [-0.2, 0) is 0 Å². The third kappa shape index (κ3) is 3.57. The number of amides is 1. The summed E-state index contributed by atoms with van der Waals surface area (Å²) in [7, 11) is 0. The second-order valence-electron chi connectivity index (χ2n) is 4.30. The molecule has 0 aliphatic heterocycles. The van der Waals surface area contributed by atoms with Gasteiger partial charge in [-0.15, -0.1) is 11.8 Å². The summed E-state index contributed by atoms with van der Waals surface area (Å²) in [5.41, 5.74) is 1.37. The Hall–Kier alpha value is -2.41. The number of nitro benzene ring substituents is 1. The van der Waals surface area contributed by atoms with Gasteiger partial charge >= 0.3 is 0 Å². The molecule has 1 aromatic heterocycles. The van der Waals surface area contributed by atoms with Crippen molar-refractivity contribution in [2.45, 2.75) is 11.9 Å². The first kappa shape index (κ1) is 15.0. The van der Waals surface area contributed by atoms with Crippen molar-refractivity contribution in [2.75, 3.05) is 11.6 Å². The van der Waals surface area contributed by atoms with E-state index in [1.807, 2.05) is 6.26 Å². The van der Waals surface area contributed by atoms with Crippen molar-refractivity contribution in [1.82, 2.24) is 4.98 Å². The normalized spacial score (nSPS) is 10.2. The smallest absolute Gasteiger partial charge is 0.274 e. The highest BCUT2D eigenvalue weighted by molar-refractivity contribution is 7.98. The minimum atomic E-state index is -0.469. The van der Waals surface area contributed by atoms with Crippen LogP contribution in [0, 0.1) is 17.0 Å². The van der Waals surface area contributed by atoms with Crippen molar-refractivity contribution in [1.29, 1.82) is 0 Å². The van der Waals surface area contributed by atoms with E-state index in [9.17, 15) is 14.9 Å². The number of carbonyl (C=O) groups is 1. The number of pyridine rings is 1. The maximum atomic E-state index is 12.1. The molecular weight excluding hydrogens is 290 g/mol. The number of anilines is 1. The van der Waals surface area contributed by atoms with E-state index >= 15 is 0 Å². The number of rotatable bonds is 4. The van der Waals surface area contributed by atoms with Crippen molar-refractivity contribution in [2.24, 2.45) is 0 Å². The van der Waals surface area contributed by atoms with Crippen LogP contribution < -0.4 is 5.32 Å². The Kier molecular flexibility index (Phi) is 4.54. The molecule has 0 atom stereocenters. The van der Waals surface area contributed by atoms with Gasteiger partial charge in [0.1, 0.15) is 0 Å². The maximum absolute atomic E-state index is 12.1. The number of aryl methyl sites for hydroxylation is 1. The van der Waals surface area contributed by atoms with Crippen LogP contribution in [0.2, 0.25) is 0 Å². The topological polar surface area (TPSA) is 85.1 Å². The third-order valence-corrected chi connectivity index (χ3v) is 3.51. The van der Waals surface area contributed by atoms with Gasteiger partial charge in [0.25, 0.3) is 11.6 Å². The summed E-state index contributed by atoms with van der Waals surface area (Å²) in [6, 6.07) is 7.86. The van der Waals surface area contributed by atoms with Crippen molar-refractivity contribution < 1.29 is 9.72 Å². The first-order valence-electron chi connectivity index (χ1n) is 6.07. The Morgan fingerprint density at radius 2 is 2.10 bits per heavy atom. The maximum Gasteiger partial charge on any atom is 0.274 e. The van der Waals surface area contributed by atoms with E-state index < -0.39 is 4.92 Å². The lowest BCUT2D eigenvalue weighted by Crippen LogP contribution is -2.12. The van der Waals surface area contributed by atoms with E-state index in [1.54, 1.807) is 37.4 Å². The van der Waals surface area contributed by atoms with Crippen molar-refractivity contribution >= 4 is 29.0 Å². The summed E-state index contributed by atoms with van der Waals surface area (Å²) >= 11 is 1.43. The molecular formula is C14H13N3O3S. The Morgan fingerprint density at radius 3 is 2.76 bits per heavy atom. The molecule has 21 heavy (non-hydrogen) atoms. The average molecular weight is 303 g/mol. The fraction of sp³-hybridized carbons (Fsp3) is 0.143. The van der Waals surface area contributed by atoms with E-state index in [4.69, 9.17) is 0 Å². The fourth-order valence-corrected chi connectivity index (χ4v) is 2.16. The van der Waals surface area contributed by atoms with Gasteiger partial charge in [0.05, 0.1) is 9.95 Å². The van der Waals surface area contributed by atoms with E-state index in [1.165, 1.54) is 17.8 Å². The molecule has 0 unspecified atom stereocenters. The Labute approximate surface area is 125 Å². The lowest BCUT2D eigenvalue weighted by atomic mass is 10.1. The standard InChI is InChI=1S/C14H13N3O3S/c1-9-3-4-11(8-12(9)17(19)20)16-14(18)10-5-6-15-13(7-10)21-2/h3-8H,1-2H3,(H,16,18). The molecule has 108 valence electrons. The summed E-state index contributed by atoms with van der Waals surface area (Å²) in [4.78, 5) is 26.6. The van der Waals surface area contributed by atoms with Gasteiger partial charge in [0.15, 0.2) is 0 Å². The number of carbonyl (C=O) groups excluding carboxylic acids is 1. The van der Waals surface area contributed by atoms with E-state index in [2.05, 4.69) is 10.3 Å². The zero-order valence-electron chi connectivity index (χ0n) is 11.5. The number of nitrogens with one attached hydrogen (secondary N) is 1. The molecule has 0 radical (unpaired) electrons. The van der Waals surface area contributed by atoms with Gasteiger partial charge in [0.2, 0.25) is 0 Å². The Bertz CT molecular complexity index is 704. The number of nitro groups is 1. The molecule has 6 nitrogen and oxygen atoms in total. The summed E-state index contributed by atoms with van der Waals surface area (Å²) in [6.07, 6.45) is 3.42. The van der Waals surface area contributed by atoms with Gasteiger partial charge in [-0.2, -0.15) is 0 Å². The summed E-state index contributed by atoms with van der Waals surface area (Å²) < 4.78 is 0. The molecule has 1 N–H and O–H groups in total. The predicted molar refractivity (Wildman–Crippen MR) is 81.8 cm³/mol. The van der Waals surface area contributed by atoms with Gasteiger partial charge in [-0.3, -0.25) is 14.9 Å². The summed E-state index contributed by atoms with van der Waals surface area (Å²) in [5.74, 6) is -0.328. The summed E-state index contributed by atoms with van der Waals surface area (Å²) in [6.45, 7) is 1.65. The Morgan fingerprint density at radius 1 is 1.33 bits per heavy atom. The van der Waals surface area contributed by atoms with Crippen LogP contribution in [0.25, 0.3) is 0 Å². The highest BCUT2D eigenvalue weighted by Crippen LogP contribution is 2.23. The average Bonchev–Trinajstić information content (AvgIpc) is 2.49. The number of nitrogens with zero attached hydrogens (tertiary/aromatic N) is 2. The van der Waals surface area contributed by atoms with Crippen LogP contribution in [0.3, 0.4) is 0 Å². The number of aromatic nitrogens is 1. The number of hydrogen-bond donors (Lipinski definition) is 1. The molecule has 0 spiro atoms. The fourth-order valence-electron chi connectivity index (χ4n) is 1.75. The quantitative estimate of drug-likeness (QED) is 0.532. The molecule has 2 aromatic rings. The highest BCUT2D eigenvalue weighted by Gasteiger charge is 2.13. The van der Waals surface area contributed by atoms with Gasteiger partial charge in [-0.1, -0.05) is 6.07 Å². The predicted octanol–water partition coefficient (Wildman–Crippen LogP) is 3.27. The molecule has 0 aliphatic carbocycles. The van der Waals surface area contributed by atoms with E-state index in [0.29, 0.717) is 16.8 Å². The zero-order valence-corrected chi connectivity index (χ0v) is 12.3. The lowest BCUT2D eigenvalue weighted by molar-refractivity contribution is -0.385. The van der Waals surface area contributed by atoms with E-state index in [0.717, 1.165) is 5.03 Å². The monoisotopic (exact) mass is 303 g/mol. The summed E-state index contributed by atoms with van der Waals surface area (Å²) in [5, 5.41) is 14.3. The third-order valence-electron chi connectivity index (χ3n) is 2.87. The van der Waals surface area contributed by atoms with E-state index in [-0.39, 0.29) is 11.6 Å². The van der Waals surface area contributed by atoms with Crippen LogP contribution in [0.4, 0.5) is 11.4 Å². The minimum Gasteiger partial charge on any atom is -0.322 e. The number of benzene rings is 1. The molecule has 1 aromatic carbocycles.